The Morgan fingerprint density at radius 2 is 1.82 bits per heavy atom. The van der Waals surface area contributed by atoms with Crippen LogP contribution in [0.1, 0.15) is 36.0 Å². The first kappa shape index (κ1) is 14.1. The van der Waals surface area contributed by atoms with Crippen molar-refractivity contribution < 1.29 is 4.74 Å². The fourth-order valence-electron chi connectivity index (χ4n) is 1.79. The second kappa shape index (κ2) is 7.34. The van der Waals surface area contributed by atoms with Crippen LogP contribution in [0.3, 0.4) is 0 Å². The summed E-state index contributed by atoms with van der Waals surface area (Å²) >= 11 is 3.41. The predicted octanol–water partition coefficient (Wildman–Crippen LogP) is 4.12. The SMILES string of the molecule is Cc1cc(C#N)cc(C)c1OCCCCCBr. The van der Waals surface area contributed by atoms with Crippen molar-refractivity contribution in [2.24, 2.45) is 0 Å². The molecule has 1 rings (SSSR count). The normalized spacial score (nSPS) is 10.0. The molecule has 1 aromatic carbocycles. The highest BCUT2D eigenvalue weighted by Crippen LogP contribution is 2.24. The van der Waals surface area contributed by atoms with Gasteiger partial charge >= 0.3 is 0 Å². The van der Waals surface area contributed by atoms with E-state index >= 15 is 0 Å². The van der Waals surface area contributed by atoms with Gasteiger partial charge in [-0.1, -0.05) is 15.9 Å². The Morgan fingerprint density at radius 1 is 1.18 bits per heavy atom. The van der Waals surface area contributed by atoms with Crippen LogP contribution in [0, 0.1) is 25.2 Å². The van der Waals surface area contributed by atoms with E-state index in [4.69, 9.17) is 10.00 Å². The smallest absolute Gasteiger partial charge is 0.125 e. The van der Waals surface area contributed by atoms with E-state index in [0.29, 0.717) is 5.56 Å². The summed E-state index contributed by atoms with van der Waals surface area (Å²) in [4.78, 5) is 0. The van der Waals surface area contributed by atoms with Crippen molar-refractivity contribution >= 4 is 15.9 Å². The number of nitrogens with zero attached hydrogens (tertiary/aromatic N) is 1. The lowest BCUT2D eigenvalue weighted by Crippen LogP contribution is -2.01. The molecule has 0 saturated carbocycles. The highest BCUT2D eigenvalue weighted by Gasteiger charge is 2.06. The van der Waals surface area contributed by atoms with Gasteiger partial charge in [0, 0.05) is 5.33 Å². The molecule has 2 nitrogen and oxygen atoms in total. The van der Waals surface area contributed by atoms with Crippen molar-refractivity contribution in [1.29, 1.82) is 5.26 Å². The Balaban J connectivity index is 2.57. The zero-order chi connectivity index (χ0) is 12.7. The maximum Gasteiger partial charge on any atom is 0.125 e. The molecule has 0 aliphatic rings. The number of hydrogen-bond donors (Lipinski definition) is 0. The molecule has 0 heterocycles. The minimum Gasteiger partial charge on any atom is -0.493 e. The highest BCUT2D eigenvalue weighted by atomic mass is 79.9. The number of aryl methyl sites for hydroxylation is 2. The molecule has 17 heavy (non-hydrogen) atoms. The average Bonchev–Trinajstić information content (AvgIpc) is 2.31. The van der Waals surface area contributed by atoms with E-state index in [2.05, 4.69) is 22.0 Å². The van der Waals surface area contributed by atoms with Crippen molar-refractivity contribution in [1.82, 2.24) is 0 Å². The zero-order valence-electron chi connectivity index (χ0n) is 10.4. The lowest BCUT2D eigenvalue weighted by atomic mass is 10.1. The molecular weight excluding hydrogens is 278 g/mol. The quantitative estimate of drug-likeness (QED) is 0.584. The van der Waals surface area contributed by atoms with Gasteiger partial charge in [0.15, 0.2) is 0 Å². The van der Waals surface area contributed by atoms with E-state index in [1.807, 2.05) is 26.0 Å². The third kappa shape index (κ3) is 4.40. The first-order chi connectivity index (χ1) is 8.19. The third-order valence-electron chi connectivity index (χ3n) is 2.61. The van der Waals surface area contributed by atoms with E-state index < -0.39 is 0 Å². The van der Waals surface area contributed by atoms with Gasteiger partial charge in [-0.25, -0.2) is 0 Å². The largest absolute Gasteiger partial charge is 0.493 e. The average molecular weight is 296 g/mol. The number of nitriles is 1. The van der Waals surface area contributed by atoms with E-state index in [0.717, 1.165) is 35.2 Å². The molecule has 0 amide bonds. The van der Waals surface area contributed by atoms with Crippen molar-refractivity contribution in [2.45, 2.75) is 33.1 Å². The van der Waals surface area contributed by atoms with Gasteiger partial charge in [0.25, 0.3) is 0 Å². The third-order valence-corrected chi connectivity index (χ3v) is 3.17. The number of ether oxygens (including phenoxy) is 1. The molecule has 0 aliphatic carbocycles. The van der Waals surface area contributed by atoms with Crippen LogP contribution < -0.4 is 4.74 Å². The Hall–Kier alpha value is -1.01. The molecule has 0 bridgehead atoms. The summed E-state index contributed by atoms with van der Waals surface area (Å²) in [6.45, 7) is 4.73. The summed E-state index contributed by atoms with van der Waals surface area (Å²) in [6, 6.07) is 5.91. The molecule has 0 aliphatic heterocycles. The van der Waals surface area contributed by atoms with Crippen LogP contribution in [-0.4, -0.2) is 11.9 Å². The Bertz CT molecular complexity index is 386. The molecular formula is C14H18BrNO. The Kier molecular flexibility index (Phi) is 6.07. The van der Waals surface area contributed by atoms with E-state index in [1.54, 1.807) is 0 Å². The summed E-state index contributed by atoms with van der Waals surface area (Å²) in [5.41, 5.74) is 2.79. The van der Waals surface area contributed by atoms with Crippen LogP contribution >= 0.6 is 15.9 Å². The number of rotatable bonds is 6. The number of unbranched alkanes of at least 4 members (excludes halogenated alkanes) is 2. The Labute approximate surface area is 112 Å². The minimum atomic E-state index is 0.701. The molecule has 0 radical (unpaired) electrons. The summed E-state index contributed by atoms with van der Waals surface area (Å²) in [6.07, 6.45) is 3.44. The number of halogens is 1. The maximum atomic E-state index is 8.86. The lowest BCUT2D eigenvalue weighted by Gasteiger charge is -2.12. The first-order valence-corrected chi connectivity index (χ1v) is 7.01. The van der Waals surface area contributed by atoms with Crippen molar-refractivity contribution in [3.8, 4) is 11.8 Å². The van der Waals surface area contributed by atoms with Gasteiger partial charge in [-0.05, 0) is 56.4 Å². The minimum absolute atomic E-state index is 0.701. The molecule has 0 saturated heterocycles. The molecule has 0 aromatic heterocycles. The summed E-state index contributed by atoms with van der Waals surface area (Å²) in [5, 5.41) is 9.91. The molecule has 0 atom stereocenters. The topological polar surface area (TPSA) is 33.0 Å². The second-order valence-corrected chi connectivity index (χ2v) is 4.94. The fraction of sp³-hybridized carbons (Fsp3) is 0.500. The Morgan fingerprint density at radius 3 is 2.35 bits per heavy atom. The second-order valence-electron chi connectivity index (χ2n) is 4.15. The van der Waals surface area contributed by atoms with Crippen LogP contribution in [-0.2, 0) is 0 Å². The van der Waals surface area contributed by atoms with Gasteiger partial charge in [0.2, 0.25) is 0 Å². The van der Waals surface area contributed by atoms with Gasteiger partial charge in [0.1, 0.15) is 5.75 Å². The van der Waals surface area contributed by atoms with Gasteiger partial charge < -0.3 is 4.74 Å². The van der Waals surface area contributed by atoms with E-state index in [1.165, 1.54) is 12.8 Å². The van der Waals surface area contributed by atoms with Crippen molar-refractivity contribution in [2.75, 3.05) is 11.9 Å². The van der Waals surface area contributed by atoms with Crippen LogP contribution in [0.5, 0.6) is 5.75 Å². The summed E-state index contributed by atoms with van der Waals surface area (Å²) in [5.74, 6) is 0.933. The van der Waals surface area contributed by atoms with Crippen LogP contribution in [0.2, 0.25) is 0 Å². The molecule has 0 spiro atoms. The summed E-state index contributed by atoms with van der Waals surface area (Å²) < 4.78 is 5.79. The summed E-state index contributed by atoms with van der Waals surface area (Å²) in [7, 11) is 0. The monoisotopic (exact) mass is 295 g/mol. The van der Waals surface area contributed by atoms with Gasteiger partial charge in [-0.15, -0.1) is 0 Å². The number of alkyl halides is 1. The molecule has 92 valence electrons. The molecule has 1 aromatic rings. The number of hydrogen-bond acceptors (Lipinski definition) is 2. The van der Waals surface area contributed by atoms with Crippen molar-refractivity contribution in [3.05, 3.63) is 28.8 Å². The standard InChI is InChI=1S/C14H18BrNO/c1-11-8-13(10-16)9-12(2)14(11)17-7-5-3-4-6-15/h8-9H,3-7H2,1-2H3. The van der Waals surface area contributed by atoms with Crippen LogP contribution in [0.15, 0.2) is 12.1 Å². The van der Waals surface area contributed by atoms with Crippen LogP contribution in [0.4, 0.5) is 0 Å². The molecule has 0 fully saturated rings. The van der Waals surface area contributed by atoms with Crippen molar-refractivity contribution in [3.63, 3.8) is 0 Å². The zero-order valence-corrected chi connectivity index (χ0v) is 12.0. The fourth-order valence-corrected chi connectivity index (χ4v) is 2.19. The number of benzene rings is 1. The van der Waals surface area contributed by atoms with E-state index in [-0.39, 0.29) is 0 Å². The first-order valence-electron chi connectivity index (χ1n) is 5.89. The molecule has 0 N–H and O–H groups in total. The lowest BCUT2D eigenvalue weighted by molar-refractivity contribution is 0.302. The molecule has 0 unspecified atom stereocenters. The molecule has 3 heteroatoms. The van der Waals surface area contributed by atoms with Gasteiger partial charge in [-0.2, -0.15) is 5.26 Å². The predicted molar refractivity (Wildman–Crippen MR) is 73.8 cm³/mol. The van der Waals surface area contributed by atoms with E-state index in [9.17, 15) is 0 Å². The van der Waals surface area contributed by atoms with Crippen LogP contribution in [0.25, 0.3) is 0 Å². The highest BCUT2D eigenvalue weighted by molar-refractivity contribution is 9.09. The van der Waals surface area contributed by atoms with Gasteiger partial charge in [0.05, 0.1) is 18.2 Å². The maximum absolute atomic E-state index is 8.86. The van der Waals surface area contributed by atoms with Gasteiger partial charge in [-0.3, -0.25) is 0 Å².